The summed E-state index contributed by atoms with van der Waals surface area (Å²) in [6.07, 6.45) is 1.51. The summed E-state index contributed by atoms with van der Waals surface area (Å²) < 4.78 is 5.18. The van der Waals surface area contributed by atoms with E-state index in [1.807, 2.05) is 13.0 Å². The molecule has 0 spiro atoms. The molecule has 5 heteroatoms. The highest BCUT2D eigenvalue weighted by Crippen LogP contribution is 2.14. The van der Waals surface area contributed by atoms with Crippen LogP contribution in [-0.4, -0.2) is 11.0 Å². The molecule has 0 saturated carbocycles. The lowest BCUT2D eigenvalue weighted by Crippen LogP contribution is -2.06. The smallest absolute Gasteiger partial charge is 0.338 e. The monoisotopic (exact) mass is 267 g/mol. The zero-order valence-electron chi connectivity index (χ0n) is 11.0. The fourth-order valence-electron chi connectivity index (χ4n) is 1.62. The Hall–Kier alpha value is -2.87. The molecular formula is C15H13N3O2. The summed E-state index contributed by atoms with van der Waals surface area (Å²) in [4.78, 5) is 15.7. The molecule has 20 heavy (non-hydrogen) atoms. The molecule has 2 aromatic rings. The lowest BCUT2D eigenvalue weighted by molar-refractivity contribution is 0.0472. The Morgan fingerprint density at radius 1 is 1.40 bits per heavy atom. The number of hydrogen-bond donors (Lipinski definition) is 1. The molecule has 5 nitrogen and oxygen atoms in total. The van der Waals surface area contributed by atoms with Crippen LogP contribution in [0.15, 0.2) is 36.5 Å². The lowest BCUT2D eigenvalue weighted by atomic mass is 10.1. The van der Waals surface area contributed by atoms with Gasteiger partial charge in [-0.1, -0.05) is 6.07 Å². The number of hydrogen-bond acceptors (Lipinski definition) is 5. The van der Waals surface area contributed by atoms with E-state index in [1.54, 1.807) is 30.3 Å². The fraction of sp³-hybridized carbons (Fsp3) is 0.133. The van der Waals surface area contributed by atoms with Crippen LogP contribution in [0.1, 0.15) is 27.2 Å². The van der Waals surface area contributed by atoms with E-state index in [1.165, 1.54) is 6.20 Å². The van der Waals surface area contributed by atoms with Gasteiger partial charge < -0.3 is 10.5 Å². The molecule has 0 aliphatic carbocycles. The number of ether oxygens (including phenoxy) is 1. The van der Waals surface area contributed by atoms with Gasteiger partial charge in [-0.3, -0.25) is 0 Å². The number of aryl methyl sites for hydroxylation is 1. The molecule has 0 aliphatic rings. The number of nitrogens with two attached hydrogens (primary N) is 1. The minimum absolute atomic E-state index is 0.0871. The average molecular weight is 267 g/mol. The molecule has 0 aliphatic heterocycles. The highest BCUT2D eigenvalue weighted by Gasteiger charge is 2.09. The Kier molecular flexibility index (Phi) is 3.96. The quantitative estimate of drug-likeness (QED) is 0.680. The van der Waals surface area contributed by atoms with E-state index < -0.39 is 5.97 Å². The van der Waals surface area contributed by atoms with Crippen LogP contribution >= 0.6 is 0 Å². The van der Waals surface area contributed by atoms with Crippen molar-refractivity contribution in [3.05, 3.63) is 58.9 Å². The van der Waals surface area contributed by atoms with E-state index in [4.69, 9.17) is 15.7 Å². The molecule has 0 radical (unpaired) electrons. The summed E-state index contributed by atoms with van der Waals surface area (Å²) >= 11 is 0. The molecule has 0 unspecified atom stereocenters. The normalized spacial score (nSPS) is 9.80. The summed E-state index contributed by atoms with van der Waals surface area (Å²) in [5, 5.41) is 8.74. The number of rotatable bonds is 3. The first-order valence-electron chi connectivity index (χ1n) is 5.98. The second-order valence-corrected chi connectivity index (χ2v) is 4.31. The van der Waals surface area contributed by atoms with Gasteiger partial charge in [-0.25, -0.2) is 9.78 Å². The van der Waals surface area contributed by atoms with E-state index >= 15 is 0 Å². The maximum absolute atomic E-state index is 11.9. The van der Waals surface area contributed by atoms with Gasteiger partial charge in [0.05, 0.1) is 5.56 Å². The second-order valence-electron chi connectivity index (χ2n) is 4.31. The van der Waals surface area contributed by atoms with Gasteiger partial charge in [0.25, 0.3) is 0 Å². The van der Waals surface area contributed by atoms with E-state index in [0.717, 1.165) is 5.56 Å². The maximum atomic E-state index is 11.9. The molecule has 1 heterocycles. The van der Waals surface area contributed by atoms with Crippen LogP contribution < -0.4 is 5.73 Å². The zero-order chi connectivity index (χ0) is 14.5. The minimum Gasteiger partial charge on any atom is -0.457 e. The number of aromatic nitrogens is 1. The summed E-state index contributed by atoms with van der Waals surface area (Å²) in [6.45, 7) is 1.95. The molecule has 0 atom stereocenters. The highest BCUT2D eigenvalue weighted by atomic mass is 16.5. The molecule has 0 bridgehead atoms. The molecule has 0 saturated heterocycles. The van der Waals surface area contributed by atoms with Crippen LogP contribution in [-0.2, 0) is 11.3 Å². The Morgan fingerprint density at radius 3 is 2.90 bits per heavy atom. The zero-order valence-corrected chi connectivity index (χ0v) is 11.0. The van der Waals surface area contributed by atoms with E-state index in [9.17, 15) is 4.79 Å². The molecule has 1 aromatic heterocycles. The summed E-state index contributed by atoms with van der Waals surface area (Å²) in [5.41, 5.74) is 8.62. The Labute approximate surface area is 116 Å². The number of benzene rings is 1. The van der Waals surface area contributed by atoms with Crippen LogP contribution in [0.2, 0.25) is 0 Å². The third-order valence-corrected chi connectivity index (χ3v) is 2.82. The van der Waals surface area contributed by atoms with Crippen molar-refractivity contribution in [2.45, 2.75) is 13.5 Å². The van der Waals surface area contributed by atoms with Gasteiger partial charge in [-0.05, 0) is 42.3 Å². The highest BCUT2D eigenvalue weighted by molar-refractivity contribution is 5.90. The molecule has 0 amide bonds. The third-order valence-electron chi connectivity index (χ3n) is 2.82. The molecule has 0 fully saturated rings. The Bertz CT molecular complexity index is 690. The first-order chi connectivity index (χ1) is 9.60. The Morgan fingerprint density at radius 2 is 2.20 bits per heavy atom. The molecule has 100 valence electrons. The topological polar surface area (TPSA) is 89.0 Å². The standard InChI is InChI=1S/C15H13N3O2/c1-10-2-3-12(7-14(10)17)15(19)20-9-11-4-5-18-13(6-11)8-16/h2-7H,9,17H2,1H3. The number of esters is 1. The van der Waals surface area contributed by atoms with Crippen LogP contribution in [0.5, 0.6) is 0 Å². The van der Waals surface area contributed by atoms with Gasteiger partial charge in [-0.2, -0.15) is 5.26 Å². The van der Waals surface area contributed by atoms with Crippen molar-refractivity contribution in [1.82, 2.24) is 4.98 Å². The van der Waals surface area contributed by atoms with Gasteiger partial charge in [0.1, 0.15) is 18.4 Å². The number of anilines is 1. The SMILES string of the molecule is Cc1ccc(C(=O)OCc2ccnc(C#N)c2)cc1N. The van der Waals surface area contributed by atoms with Crippen molar-refractivity contribution in [3.63, 3.8) is 0 Å². The Balaban J connectivity index is 2.05. The second kappa shape index (κ2) is 5.85. The van der Waals surface area contributed by atoms with Crippen LogP contribution in [0.3, 0.4) is 0 Å². The molecular weight excluding hydrogens is 254 g/mol. The van der Waals surface area contributed by atoms with Gasteiger partial charge in [-0.15, -0.1) is 0 Å². The first-order valence-corrected chi connectivity index (χ1v) is 5.98. The predicted molar refractivity (Wildman–Crippen MR) is 73.7 cm³/mol. The number of nitrogens with zero attached hydrogens (tertiary/aromatic N) is 2. The average Bonchev–Trinajstić information content (AvgIpc) is 2.47. The van der Waals surface area contributed by atoms with Crippen molar-refractivity contribution in [3.8, 4) is 6.07 Å². The van der Waals surface area contributed by atoms with Crippen molar-refractivity contribution in [2.75, 3.05) is 5.73 Å². The van der Waals surface area contributed by atoms with Crippen molar-refractivity contribution < 1.29 is 9.53 Å². The van der Waals surface area contributed by atoms with Crippen LogP contribution in [0, 0.1) is 18.3 Å². The number of carbonyl (C=O) groups excluding carboxylic acids is 1. The van der Waals surface area contributed by atoms with Crippen molar-refractivity contribution in [1.29, 1.82) is 5.26 Å². The number of nitrogen functional groups attached to an aromatic ring is 1. The molecule has 1 aromatic carbocycles. The summed E-state index contributed by atoms with van der Waals surface area (Å²) in [5.74, 6) is -0.452. The minimum atomic E-state index is -0.452. The van der Waals surface area contributed by atoms with Crippen LogP contribution in [0.4, 0.5) is 5.69 Å². The van der Waals surface area contributed by atoms with E-state index in [0.29, 0.717) is 16.8 Å². The first kappa shape index (κ1) is 13.6. The number of nitriles is 1. The van der Waals surface area contributed by atoms with E-state index in [-0.39, 0.29) is 12.3 Å². The van der Waals surface area contributed by atoms with Gasteiger partial charge >= 0.3 is 5.97 Å². The maximum Gasteiger partial charge on any atom is 0.338 e. The van der Waals surface area contributed by atoms with Crippen LogP contribution in [0.25, 0.3) is 0 Å². The van der Waals surface area contributed by atoms with E-state index in [2.05, 4.69) is 4.98 Å². The lowest BCUT2D eigenvalue weighted by Gasteiger charge is -2.06. The fourth-order valence-corrected chi connectivity index (χ4v) is 1.62. The largest absolute Gasteiger partial charge is 0.457 e. The number of pyridine rings is 1. The summed E-state index contributed by atoms with van der Waals surface area (Å²) in [7, 11) is 0. The van der Waals surface area contributed by atoms with Crippen molar-refractivity contribution >= 4 is 11.7 Å². The van der Waals surface area contributed by atoms with Crippen molar-refractivity contribution in [2.24, 2.45) is 0 Å². The number of carbonyl (C=O) groups is 1. The van der Waals surface area contributed by atoms with Gasteiger partial charge in [0.15, 0.2) is 0 Å². The summed E-state index contributed by atoms with van der Waals surface area (Å²) in [6, 6.07) is 10.2. The molecule has 2 N–H and O–H groups in total. The predicted octanol–water partition coefficient (Wildman–Crippen LogP) is 2.20. The molecule has 2 rings (SSSR count). The third kappa shape index (κ3) is 3.12. The van der Waals surface area contributed by atoms with Gasteiger partial charge in [0.2, 0.25) is 0 Å². The van der Waals surface area contributed by atoms with Gasteiger partial charge in [0, 0.05) is 11.9 Å².